The van der Waals surface area contributed by atoms with E-state index in [0.717, 1.165) is 0 Å². The van der Waals surface area contributed by atoms with Gasteiger partial charge in [-0.1, -0.05) is 30.3 Å². The topological polar surface area (TPSA) is 126 Å². The van der Waals surface area contributed by atoms with Gasteiger partial charge < -0.3 is 19.9 Å². The first-order valence-corrected chi connectivity index (χ1v) is 12.4. The van der Waals surface area contributed by atoms with Crippen molar-refractivity contribution in [3.63, 3.8) is 0 Å². The zero-order valence-electron chi connectivity index (χ0n) is 18.9. The number of alkyl halides is 2. The number of sulfonamides is 1. The molecule has 4 aromatic rings. The summed E-state index contributed by atoms with van der Waals surface area (Å²) in [5.74, 6) is 0.328. The predicted molar refractivity (Wildman–Crippen MR) is 130 cm³/mol. The molecular weight excluding hydrogens is 494 g/mol. The highest BCUT2D eigenvalue weighted by molar-refractivity contribution is 7.92. The van der Waals surface area contributed by atoms with Gasteiger partial charge in [0.05, 0.1) is 21.9 Å². The number of aromatic nitrogens is 2. The molecule has 0 amide bonds. The summed E-state index contributed by atoms with van der Waals surface area (Å²) >= 11 is 0. The first-order chi connectivity index (χ1) is 17.3. The summed E-state index contributed by atoms with van der Waals surface area (Å²) < 4.78 is 62.4. The number of aliphatic hydroxyl groups is 1. The number of H-pyrrole nitrogens is 1. The van der Waals surface area contributed by atoms with E-state index in [2.05, 4.69) is 25.0 Å². The van der Waals surface area contributed by atoms with Crippen LogP contribution in [-0.4, -0.2) is 50.0 Å². The van der Waals surface area contributed by atoms with Gasteiger partial charge in [-0.25, -0.2) is 8.42 Å². The highest BCUT2D eigenvalue weighted by Gasteiger charge is 2.15. The summed E-state index contributed by atoms with van der Waals surface area (Å²) in [5.41, 5.74) is 1.38. The third-order valence-corrected chi connectivity index (χ3v) is 6.56. The van der Waals surface area contributed by atoms with Crippen LogP contribution in [0.4, 0.5) is 14.5 Å². The van der Waals surface area contributed by atoms with E-state index in [1.807, 2.05) is 0 Å². The van der Waals surface area contributed by atoms with Gasteiger partial charge in [0.1, 0.15) is 12.4 Å². The molecule has 0 aliphatic heterocycles. The second-order valence-electron chi connectivity index (χ2n) is 7.73. The van der Waals surface area contributed by atoms with E-state index in [1.165, 1.54) is 12.1 Å². The highest BCUT2D eigenvalue weighted by atomic mass is 32.2. The molecule has 190 valence electrons. The van der Waals surface area contributed by atoms with Crippen LogP contribution < -0.4 is 19.5 Å². The van der Waals surface area contributed by atoms with Crippen LogP contribution in [0, 0.1) is 0 Å². The van der Waals surface area contributed by atoms with E-state index in [9.17, 15) is 22.3 Å². The van der Waals surface area contributed by atoms with Crippen LogP contribution in [0.3, 0.4) is 0 Å². The minimum Gasteiger partial charge on any atom is -0.492 e. The molecule has 1 aromatic heterocycles. The molecule has 36 heavy (non-hydrogen) atoms. The smallest absolute Gasteiger partial charge is 0.388 e. The SMILES string of the molecule is O=S(=O)(Nc1cccc([C@@H](O)CNCCOc2ccc3c(OC(F)F)n[nH]c3c2)c1)c1ccccc1. The molecule has 3 aromatic carbocycles. The highest BCUT2D eigenvalue weighted by Crippen LogP contribution is 2.27. The second kappa shape index (κ2) is 11.3. The number of aromatic amines is 1. The first-order valence-electron chi connectivity index (χ1n) is 10.9. The van der Waals surface area contributed by atoms with Gasteiger partial charge in [0.15, 0.2) is 0 Å². The zero-order chi connectivity index (χ0) is 25.5. The van der Waals surface area contributed by atoms with Crippen molar-refractivity contribution in [3.8, 4) is 11.6 Å². The van der Waals surface area contributed by atoms with Crippen LogP contribution in [0.2, 0.25) is 0 Å². The van der Waals surface area contributed by atoms with Crippen molar-refractivity contribution >= 4 is 26.6 Å². The maximum Gasteiger partial charge on any atom is 0.388 e. The molecule has 0 aliphatic rings. The molecule has 0 aliphatic carbocycles. The minimum absolute atomic E-state index is 0.145. The number of nitrogens with zero attached hydrogens (tertiary/aromatic N) is 1. The summed E-state index contributed by atoms with van der Waals surface area (Å²) in [7, 11) is -3.73. The lowest BCUT2D eigenvalue weighted by atomic mass is 10.1. The molecule has 0 saturated heterocycles. The van der Waals surface area contributed by atoms with Crippen molar-refractivity contribution < 1.29 is 31.8 Å². The van der Waals surface area contributed by atoms with E-state index >= 15 is 0 Å². The van der Waals surface area contributed by atoms with Crippen molar-refractivity contribution in [1.29, 1.82) is 0 Å². The molecule has 0 unspecified atom stereocenters. The van der Waals surface area contributed by atoms with E-state index < -0.39 is 22.7 Å². The normalized spacial score (nSPS) is 12.6. The van der Waals surface area contributed by atoms with Gasteiger partial charge in [0.2, 0.25) is 5.88 Å². The standard InChI is InChI=1S/C24H24F2N4O5S/c25-24(26)35-23-20-10-9-18(14-21(20)28-29-23)34-12-11-27-15-22(31)16-5-4-6-17(13-16)30-36(32,33)19-7-2-1-3-8-19/h1-10,13-14,22,24,27,30-31H,11-12,15H2,(H,28,29)/t22-/m0/s1. The van der Waals surface area contributed by atoms with Crippen molar-refractivity contribution in [2.24, 2.45) is 0 Å². The molecule has 9 nitrogen and oxygen atoms in total. The van der Waals surface area contributed by atoms with Gasteiger partial charge in [-0.15, -0.1) is 5.10 Å². The average molecular weight is 519 g/mol. The number of aliphatic hydroxyl groups excluding tert-OH is 1. The number of nitrogens with one attached hydrogen (secondary N) is 3. The Morgan fingerprint density at radius 3 is 2.61 bits per heavy atom. The third kappa shape index (κ3) is 6.47. The molecule has 0 spiro atoms. The van der Waals surface area contributed by atoms with E-state index in [1.54, 1.807) is 60.7 Å². The maximum absolute atomic E-state index is 12.5. The van der Waals surface area contributed by atoms with Crippen molar-refractivity contribution in [2.45, 2.75) is 17.6 Å². The molecule has 1 atom stereocenters. The molecule has 0 fully saturated rings. The van der Waals surface area contributed by atoms with Crippen molar-refractivity contribution in [1.82, 2.24) is 15.5 Å². The molecule has 12 heteroatoms. The predicted octanol–water partition coefficient (Wildman–Crippen LogP) is 3.67. The Hall–Kier alpha value is -3.74. The quantitative estimate of drug-likeness (QED) is 0.211. The Kier molecular flexibility index (Phi) is 7.98. The number of hydrogen-bond acceptors (Lipinski definition) is 7. The van der Waals surface area contributed by atoms with Gasteiger partial charge in [-0.3, -0.25) is 9.82 Å². The summed E-state index contributed by atoms with van der Waals surface area (Å²) in [4.78, 5) is 0.145. The Balaban J connectivity index is 1.25. The van der Waals surface area contributed by atoms with Crippen LogP contribution >= 0.6 is 0 Å². The summed E-state index contributed by atoms with van der Waals surface area (Å²) in [6, 6.07) is 19.4. The van der Waals surface area contributed by atoms with Gasteiger partial charge in [0.25, 0.3) is 10.0 Å². The summed E-state index contributed by atoms with van der Waals surface area (Å²) in [6.45, 7) is -2.05. The Morgan fingerprint density at radius 1 is 1.03 bits per heavy atom. The van der Waals surface area contributed by atoms with Gasteiger partial charge in [0, 0.05) is 24.8 Å². The number of fused-ring (bicyclic) bond motifs is 1. The van der Waals surface area contributed by atoms with Crippen LogP contribution in [0.5, 0.6) is 11.6 Å². The fourth-order valence-electron chi connectivity index (χ4n) is 3.46. The fraction of sp³-hybridized carbons (Fsp3) is 0.208. The third-order valence-electron chi connectivity index (χ3n) is 5.16. The number of ether oxygens (including phenoxy) is 2. The zero-order valence-corrected chi connectivity index (χ0v) is 19.7. The van der Waals surface area contributed by atoms with E-state index in [0.29, 0.717) is 34.4 Å². The van der Waals surface area contributed by atoms with E-state index in [4.69, 9.17) is 4.74 Å². The number of hydrogen-bond donors (Lipinski definition) is 4. The molecule has 1 heterocycles. The lowest BCUT2D eigenvalue weighted by Crippen LogP contribution is -2.26. The Labute approximate surface area is 206 Å². The number of rotatable bonds is 12. The molecule has 4 N–H and O–H groups in total. The van der Waals surface area contributed by atoms with Crippen LogP contribution in [-0.2, 0) is 10.0 Å². The van der Waals surface area contributed by atoms with E-state index in [-0.39, 0.29) is 23.9 Å². The lowest BCUT2D eigenvalue weighted by Gasteiger charge is -2.15. The number of anilines is 1. The fourth-order valence-corrected chi connectivity index (χ4v) is 4.53. The average Bonchev–Trinajstić information content (AvgIpc) is 3.25. The van der Waals surface area contributed by atoms with Crippen LogP contribution in [0.1, 0.15) is 11.7 Å². The lowest BCUT2D eigenvalue weighted by molar-refractivity contribution is -0.0518. The number of halogens is 2. The Bertz CT molecular complexity index is 1400. The second-order valence-corrected chi connectivity index (χ2v) is 9.41. The monoisotopic (exact) mass is 518 g/mol. The van der Waals surface area contributed by atoms with Crippen molar-refractivity contribution in [2.75, 3.05) is 24.4 Å². The first kappa shape index (κ1) is 25.4. The van der Waals surface area contributed by atoms with Gasteiger partial charge >= 0.3 is 6.61 Å². The molecular formula is C24H24F2N4O5S. The maximum atomic E-state index is 12.5. The molecule has 0 bridgehead atoms. The number of benzene rings is 3. The summed E-state index contributed by atoms with van der Waals surface area (Å²) in [6.07, 6.45) is -0.874. The summed E-state index contributed by atoms with van der Waals surface area (Å²) in [5, 5.41) is 20.3. The van der Waals surface area contributed by atoms with Crippen LogP contribution in [0.25, 0.3) is 10.9 Å². The van der Waals surface area contributed by atoms with Crippen LogP contribution in [0.15, 0.2) is 77.7 Å². The Morgan fingerprint density at radius 2 is 1.83 bits per heavy atom. The largest absolute Gasteiger partial charge is 0.492 e. The van der Waals surface area contributed by atoms with Crippen molar-refractivity contribution in [3.05, 3.63) is 78.4 Å². The molecule has 0 saturated carbocycles. The van der Waals surface area contributed by atoms with Gasteiger partial charge in [-0.05, 0) is 42.0 Å². The molecule has 0 radical (unpaired) electrons. The molecule has 4 rings (SSSR count). The van der Waals surface area contributed by atoms with Gasteiger partial charge in [-0.2, -0.15) is 8.78 Å². The minimum atomic E-state index is -3.73.